The molecule has 0 spiro atoms. The Morgan fingerprint density at radius 2 is 2.05 bits per heavy atom. The number of halogens is 2. The first-order valence-electron chi connectivity index (χ1n) is 5.72. The molecule has 0 N–H and O–H groups in total. The van der Waals surface area contributed by atoms with Crippen LogP contribution in [0.3, 0.4) is 0 Å². The van der Waals surface area contributed by atoms with Crippen molar-refractivity contribution in [2.75, 3.05) is 7.11 Å². The van der Waals surface area contributed by atoms with Crippen molar-refractivity contribution in [3.63, 3.8) is 0 Å². The van der Waals surface area contributed by atoms with Gasteiger partial charge in [-0.25, -0.2) is 18.6 Å². The molecule has 0 fully saturated rings. The smallest absolute Gasteiger partial charge is 0.340 e. The second kappa shape index (κ2) is 6.10. The monoisotopic (exact) mass is 279 g/mol. The number of carbonyl (C=O) groups is 1. The Balaban J connectivity index is 2.02. The van der Waals surface area contributed by atoms with Gasteiger partial charge in [0.15, 0.2) is 11.6 Å². The second-order valence-electron chi connectivity index (χ2n) is 3.88. The van der Waals surface area contributed by atoms with Gasteiger partial charge in [0, 0.05) is 17.8 Å². The summed E-state index contributed by atoms with van der Waals surface area (Å²) in [5, 5.41) is 0. The third-order valence-electron chi connectivity index (χ3n) is 2.57. The van der Waals surface area contributed by atoms with E-state index >= 15 is 0 Å². The quantitative estimate of drug-likeness (QED) is 0.807. The number of benzene rings is 1. The lowest BCUT2D eigenvalue weighted by Crippen LogP contribution is -2.07. The summed E-state index contributed by atoms with van der Waals surface area (Å²) in [6.07, 6.45) is 1.28. The van der Waals surface area contributed by atoms with E-state index in [0.717, 1.165) is 6.07 Å². The van der Waals surface area contributed by atoms with Gasteiger partial charge in [-0.1, -0.05) is 12.1 Å². The zero-order valence-electron chi connectivity index (χ0n) is 10.6. The van der Waals surface area contributed by atoms with Gasteiger partial charge in [-0.3, -0.25) is 0 Å². The highest BCUT2D eigenvalue weighted by Crippen LogP contribution is 2.14. The molecule has 20 heavy (non-hydrogen) atoms. The van der Waals surface area contributed by atoms with E-state index in [1.165, 1.54) is 37.6 Å². The Morgan fingerprint density at radius 3 is 2.70 bits per heavy atom. The molecule has 0 bridgehead atoms. The Labute approximate surface area is 114 Å². The highest BCUT2D eigenvalue weighted by Gasteiger charge is 2.12. The number of esters is 1. The Hall–Kier alpha value is -2.50. The number of hydrogen-bond donors (Lipinski definition) is 0. The van der Waals surface area contributed by atoms with Crippen LogP contribution in [0.5, 0.6) is 5.88 Å². The van der Waals surface area contributed by atoms with Crippen LogP contribution >= 0.6 is 0 Å². The Bertz CT molecular complexity index is 614. The fraction of sp³-hybridized carbons (Fsp3) is 0.143. The number of nitrogens with zero attached hydrogens (tertiary/aromatic N) is 1. The van der Waals surface area contributed by atoms with Crippen molar-refractivity contribution >= 4 is 5.97 Å². The van der Waals surface area contributed by atoms with Crippen LogP contribution in [0.4, 0.5) is 8.78 Å². The van der Waals surface area contributed by atoms with Crippen molar-refractivity contribution in [1.82, 2.24) is 4.98 Å². The highest BCUT2D eigenvalue weighted by atomic mass is 19.2. The summed E-state index contributed by atoms with van der Waals surface area (Å²) in [5.74, 6) is -2.32. The Kier molecular flexibility index (Phi) is 4.24. The largest absolute Gasteiger partial charge is 0.481 e. The minimum atomic E-state index is -1.02. The molecule has 6 heteroatoms. The molecule has 1 aromatic heterocycles. The molecule has 1 heterocycles. The Morgan fingerprint density at radius 1 is 1.25 bits per heavy atom. The van der Waals surface area contributed by atoms with E-state index in [1.807, 2.05) is 0 Å². The summed E-state index contributed by atoms with van der Waals surface area (Å²) in [4.78, 5) is 15.5. The van der Waals surface area contributed by atoms with Crippen LogP contribution < -0.4 is 4.74 Å². The van der Waals surface area contributed by atoms with Gasteiger partial charge in [0.05, 0.1) is 12.7 Å². The van der Waals surface area contributed by atoms with Crippen LogP contribution in [-0.2, 0) is 11.3 Å². The summed E-state index contributed by atoms with van der Waals surface area (Å²) >= 11 is 0. The molecule has 0 aliphatic heterocycles. The molecule has 0 saturated carbocycles. The molecule has 104 valence electrons. The lowest BCUT2D eigenvalue weighted by atomic mass is 10.2. The molecule has 2 rings (SSSR count). The lowest BCUT2D eigenvalue weighted by molar-refractivity contribution is 0.0467. The normalized spacial score (nSPS) is 10.2. The van der Waals surface area contributed by atoms with Crippen molar-refractivity contribution in [1.29, 1.82) is 0 Å². The first-order valence-corrected chi connectivity index (χ1v) is 5.72. The van der Waals surface area contributed by atoms with Gasteiger partial charge in [-0.2, -0.15) is 0 Å². The summed E-state index contributed by atoms with van der Waals surface area (Å²) in [6, 6.07) is 6.65. The third-order valence-corrected chi connectivity index (χ3v) is 2.57. The maximum atomic E-state index is 13.4. The molecule has 4 nitrogen and oxygen atoms in total. The molecule has 0 saturated heterocycles. The fourth-order valence-corrected chi connectivity index (χ4v) is 1.51. The van der Waals surface area contributed by atoms with Gasteiger partial charge >= 0.3 is 5.97 Å². The average molecular weight is 279 g/mol. The minimum Gasteiger partial charge on any atom is -0.481 e. The topological polar surface area (TPSA) is 48.4 Å². The molecule has 0 radical (unpaired) electrons. The maximum absolute atomic E-state index is 13.4. The van der Waals surface area contributed by atoms with Gasteiger partial charge in [0.25, 0.3) is 0 Å². The summed E-state index contributed by atoms with van der Waals surface area (Å²) in [7, 11) is 1.45. The predicted molar refractivity (Wildman–Crippen MR) is 66.3 cm³/mol. The van der Waals surface area contributed by atoms with Crippen molar-refractivity contribution in [2.45, 2.75) is 6.61 Å². The molecule has 1 aromatic carbocycles. The summed E-state index contributed by atoms with van der Waals surface area (Å²) in [5.41, 5.74) is 0.169. The van der Waals surface area contributed by atoms with Crippen LogP contribution in [0.25, 0.3) is 0 Å². The van der Waals surface area contributed by atoms with Crippen molar-refractivity contribution < 1.29 is 23.0 Å². The van der Waals surface area contributed by atoms with E-state index in [-0.39, 0.29) is 17.7 Å². The van der Waals surface area contributed by atoms with Crippen LogP contribution in [-0.4, -0.2) is 18.1 Å². The second-order valence-corrected chi connectivity index (χ2v) is 3.88. The number of pyridine rings is 1. The number of hydrogen-bond acceptors (Lipinski definition) is 4. The number of rotatable bonds is 4. The predicted octanol–water partition coefficient (Wildman–Crippen LogP) is 2.73. The van der Waals surface area contributed by atoms with Crippen LogP contribution in [0.15, 0.2) is 36.5 Å². The zero-order chi connectivity index (χ0) is 14.5. The molecule has 0 aliphatic rings. The number of aromatic nitrogens is 1. The fourth-order valence-electron chi connectivity index (χ4n) is 1.51. The maximum Gasteiger partial charge on any atom is 0.340 e. The minimum absolute atomic E-state index is 0.0279. The van der Waals surface area contributed by atoms with E-state index in [0.29, 0.717) is 5.88 Å². The van der Waals surface area contributed by atoms with Crippen LogP contribution in [0.2, 0.25) is 0 Å². The molecule has 0 amide bonds. The molecular weight excluding hydrogens is 268 g/mol. The van der Waals surface area contributed by atoms with E-state index in [9.17, 15) is 13.6 Å². The van der Waals surface area contributed by atoms with Gasteiger partial charge in [-0.05, 0) is 12.1 Å². The average Bonchev–Trinajstić information content (AvgIpc) is 2.48. The van der Waals surface area contributed by atoms with Gasteiger partial charge in [0.1, 0.15) is 6.61 Å². The zero-order valence-corrected chi connectivity index (χ0v) is 10.6. The standard InChI is InChI=1S/C14H11F2NO3/c1-19-12-6-5-9(7-17-12)14(18)20-8-10-3-2-4-11(15)13(10)16/h2-7H,8H2,1H3. The van der Waals surface area contributed by atoms with Gasteiger partial charge in [0.2, 0.25) is 5.88 Å². The van der Waals surface area contributed by atoms with Crippen molar-refractivity contribution in [3.8, 4) is 5.88 Å². The van der Waals surface area contributed by atoms with E-state index < -0.39 is 17.6 Å². The molecule has 0 aliphatic carbocycles. The SMILES string of the molecule is COc1ccc(C(=O)OCc2cccc(F)c2F)cn1. The van der Waals surface area contributed by atoms with Crippen molar-refractivity contribution in [2.24, 2.45) is 0 Å². The summed E-state index contributed by atoms with van der Waals surface area (Å²) in [6.45, 7) is -0.353. The highest BCUT2D eigenvalue weighted by molar-refractivity contribution is 5.89. The van der Waals surface area contributed by atoms with Gasteiger partial charge < -0.3 is 9.47 Å². The van der Waals surface area contributed by atoms with Gasteiger partial charge in [-0.15, -0.1) is 0 Å². The van der Waals surface area contributed by atoms with E-state index in [4.69, 9.17) is 9.47 Å². The molecule has 0 unspecified atom stereocenters. The molecule has 0 atom stereocenters. The van der Waals surface area contributed by atoms with Crippen LogP contribution in [0, 0.1) is 11.6 Å². The van der Waals surface area contributed by atoms with E-state index in [1.54, 1.807) is 0 Å². The molecular formula is C14H11F2NO3. The number of methoxy groups -OCH3 is 1. The lowest BCUT2D eigenvalue weighted by Gasteiger charge is -2.06. The number of ether oxygens (including phenoxy) is 2. The first-order chi connectivity index (χ1) is 9.61. The third kappa shape index (κ3) is 3.09. The number of carbonyl (C=O) groups excluding carboxylic acids is 1. The molecule has 2 aromatic rings. The van der Waals surface area contributed by atoms with Crippen LogP contribution in [0.1, 0.15) is 15.9 Å². The summed E-state index contributed by atoms with van der Waals surface area (Å²) < 4.78 is 36.1. The first kappa shape index (κ1) is 13.9. The van der Waals surface area contributed by atoms with E-state index in [2.05, 4.69) is 4.98 Å². The van der Waals surface area contributed by atoms with Crippen molar-refractivity contribution in [3.05, 3.63) is 59.3 Å².